The molecule has 0 saturated heterocycles. The van der Waals surface area contributed by atoms with Gasteiger partial charge in [0.15, 0.2) is 5.78 Å². The number of Topliss-reactive ketones (excluding diaryl/α,β-unsaturated/α-hetero) is 1. The Morgan fingerprint density at radius 2 is 2.00 bits per heavy atom. The molecule has 4 heteroatoms. The Hall–Kier alpha value is -1.81. The number of ketones is 1. The normalized spacial score (nSPS) is 10.3. The summed E-state index contributed by atoms with van der Waals surface area (Å²) in [6.07, 6.45) is 0.233. The van der Waals surface area contributed by atoms with Gasteiger partial charge in [-0.2, -0.15) is 0 Å². The van der Waals surface area contributed by atoms with Gasteiger partial charge in [-0.15, -0.1) is 0 Å². The van der Waals surface area contributed by atoms with Crippen molar-refractivity contribution in [1.82, 2.24) is 0 Å². The molecule has 0 aliphatic rings. The van der Waals surface area contributed by atoms with Crippen molar-refractivity contribution in [2.24, 2.45) is 0 Å². The molecule has 2 rings (SSSR count). The molecule has 0 radical (unpaired) electrons. The summed E-state index contributed by atoms with van der Waals surface area (Å²) in [4.78, 5) is 12.1. The highest BCUT2D eigenvalue weighted by Gasteiger charge is 2.11. The maximum Gasteiger partial charge on any atom is 0.168 e. The van der Waals surface area contributed by atoms with Crippen LogP contribution in [0.15, 0.2) is 46.9 Å². The van der Waals surface area contributed by atoms with Gasteiger partial charge in [0.1, 0.15) is 5.75 Å². The highest BCUT2D eigenvalue weighted by molar-refractivity contribution is 9.10. The molecule has 0 aliphatic heterocycles. The van der Waals surface area contributed by atoms with Crippen LogP contribution in [0.3, 0.4) is 0 Å². The SMILES string of the molecule is Nc1ccc(Br)c(C(=O)Cc2cccc(O)c2)c1. The molecule has 0 amide bonds. The quantitative estimate of drug-likeness (QED) is 0.676. The molecule has 0 atom stereocenters. The molecule has 0 fully saturated rings. The lowest BCUT2D eigenvalue weighted by atomic mass is 10.0. The summed E-state index contributed by atoms with van der Waals surface area (Å²) in [7, 11) is 0. The first-order valence-electron chi connectivity index (χ1n) is 5.42. The summed E-state index contributed by atoms with van der Waals surface area (Å²) >= 11 is 3.33. The molecule has 18 heavy (non-hydrogen) atoms. The molecule has 0 spiro atoms. The van der Waals surface area contributed by atoms with Gasteiger partial charge in [-0.1, -0.05) is 28.1 Å². The number of phenols is 1. The summed E-state index contributed by atoms with van der Waals surface area (Å²) in [5.41, 5.74) is 7.55. The van der Waals surface area contributed by atoms with Gasteiger partial charge in [0.2, 0.25) is 0 Å². The first kappa shape index (κ1) is 12.6. The highest BCUT2D eigenvalue weighted by atomic mass is 79.9. The van der Waals surface area contributed by atoms with Crippen molar-refractivity contribution in [2.75, 3.05) is 5.73 Å². The summed E-state index contributed by atoms with van der Waals surface area (Å²) in [6, 6.07) is 11.8. The number of anilines is 1. The largest absolute Gasteiger partial charge is 0.508 e. The van der Waals surface area contributed by atoms with Crippen LogP contribution in [0.5, 0.6) is 5.75 Å². The smallest absolute Gasteiger partial charge is 0.168 e. The topological polar surface area (TPSA) is 63.3 Å². The van der Waals surface area contributed by atoms with E-state index in [4.69, 9.17) is 5.73 Å². The lowest BCUT2D eigenvalue weighted by Crippen LogP contribution is -2.05. The van der Waals surface area contributed by atoms with Crippen LogP contribution in [-0.2, 0) is 6.42 Å². The molecule has 0 aromatic heterocycles. The molecular formula is C14H12BrNO2. The zero-order valence-corrected chi connectivity index (χ0v) is 11.1. The van der Waals surface area contributed by atoms with Gasteiger partial charge in [0.05, 0.1) is 0 Å². The Morgan fingerprint density at radius 3 is 2.72 bits per heavy atom. The zero-order chi connectivity index (χ0) is 13.1. The van der Waals surface area contributed by atoms with Crippen LogP contribution in [0, 0.1) is 0 Å². The van der Waals surface area contributed by atoms with E-state index in [-0.39, 0.29) is 18.0 Å². The maximum atomic E-state index is 12.1. The molecule has 3 N–H and O–H groups in total. The standard InChI is InChI=1S/C14H12BrNO2/c15-13-5-4-10(16)8-12(13)14(18)7-9-2-1-3-11(17)6-9/h1-6,8,17H,7,16H2. The minimum absolute atomic E-state index is 0.0419. The van der Waals surface area contributed by atoms with Crippen LogP contribution >= 0.6 is 15.9 Å². The second-order valence-electron chi connectivity index (χ2n) is 4.01. The summed E-state index contributed by atoms with van der Waals surface area (Å²) in [5.74, 6) is 0.117. The van der Waals surface area contributed by atoms with Crippen LogP contribution in [0.1, 0.15) is 15.9 Å². The first-order chi connectivity index (χ1) is 8.56. The van der Waals surface area contributed by atoms with E-state index in [1.54, 1.807) is 42.5 Å². The number of rotatable bonds is 3. The van der Waals surface area contributed by atoms with E-state index in [0.717, 1.165) is 10.0 Å². The van der Waals surface area contributed by atoms with Gasteiger partial charge in [-0.25, -0.2) is 0 Å². The number of carbonyl (C=O) groups excluding carboxylic acids is 1. The first-order valence-corrected chi connectivity index (χ1v) is 6.21. The molecule has 0 aliphatic carbocycles. The van der Waals surface area contributed by atoms with Crippen molar-refractivity contribution in [3.05, 3.63) is 58.1 Å². The second-order valence-corrected chi connectivity index (χ2v) is 4.86. The van der Waals surface area contributed by atoms with Crippen LogP contribution in [-0.4, -0.2) is 10.9 Å². The minimum Gasteiger partial charge on any atom is -0.508 e. The van der Waals surface area contributed by atoms with Crippen molar-refractivity contribution in [3.8, 4) is 5.75 Å². The predicted molar refractivity (Wildman–Crippen MR) is 74.7 cm³/mol. The van der Waals surface area contributed by atoms with Crippen molar-refractivity contribution in [2.45, 2.75) is 6.42 Å². The Balaban J connectivity index is 2.24. The number of hydrogen-bond acceptors (Lipinski definition) is 3. The van der Waals surface area contributed by atoms with Gasteiger partial charge in [-0.05, 0) is 35.9 Å². The molecule has 3 nitrogen and oxygen atoms in total. The zero-order valence-electron chi connectivity index (χ0n) is 9.56. The van der Waals surface area contributed by atoms with Crippen molar-refractivity contribution < 1.29 is 9.90 Å². The van der Waals surface area contributed by atoms with Gasteiger partial charge in [0, 0.05) is 22.1 Å². The molecule has 0 bridgehead atoms. The summed E-state index contributed by atoms with van der Waals surface area (Å²) in [5, 5.41) is 9.35. The fraction of sp³-hybridized carbons (Fsp3) is 0.0714. The molecule has 2 aromatic rings. The van der Waals surface area contributed by atoms with Crippen molar-refractivity contribution >= 4 is 27.4 Å². The summed E-state index contributed by atoms with van der Waals surface area (Å²) in [6.45, 7) is 0. The van der Waals surface area contributed by atoms with Crippen LogP contribution in [0.2, 0.25) is 0 Å². The van der Waals surface area contributed by atoms with Crippen molar-refractivity contribution in [3.63, 3.8) is 0 Å². The number of aromatic hydroxyl groups is 1. The minimum atomic E-state index is -0.0419. The number of carbonyl (C=O) groups is 1. The van der Waals surface area contributed by atoms with E-state index in [1.807, 2.05) is 0 Å². The molecule has 92 valence electrons. The van der Waals surface area contributed by atoms with Crippen LogP contribution in [0.4, 0.5) is 5.69 Å². The monoisotopic (exact) mass is 305 g/mol. The number of phenolic OH excluding ortho intramolecular Hbond substituents is 1. The molecule has 2 aromatic carbocycles. The molecule has 0 saturated carbocycles. The van der Waals surface area contributed by atoms with Crippen LogP contribution < -0.4 is 5.73 Å². The maximum absolute atomic E-state index is 12.1. The number of halogens is 1. The summed E-state index contributed by atoms with van der Waals surface area (Å²) < 4.78 is 0.724. The van der Waals surface area contributed by atoms with Gasteiger partial charge in [-0.3, -0.25) is 4.79 Å². The van der Waals surface area contributed by atoms with Gasteiger partial charge >= 0.3 is 0 Å². The lowest BCUT2D eigenvalue weighted by Gasteiger charge is -2.05. The van der Waals surface area contributed by atoms with Crippen LogP contribution in [0.25, 0.3) is 0 Å². The second kappa shape index (κ2) is 5.23. The van der Waals surface area contributed by atoms with E-state index in [0.29, 0.717) is 11.3 Å². The fourth-order valence-electron chi connectivity index (χ4n) is 1.70. The number of nitrogens with two attached hydrogens (primary N) is 1. The van der Waals surface area contributed by atoms with Gasteiger partial charge in [0.25, 0.3) is 0 Å². The Kier molecular flexibility index (Phi) is 3.67. The Bertz CT molecular complexity index is 596. The Labute approximate surface area is 113 Å². The van der Waals surface area contributed by atoms with E-state index >= 15 is 0 Å². The highest BCUT2D eigenvalue weighted by Crippen LogP contribution is 2.22. The van der Waals surface area contributed by atoms with E-state index in [1.165, 1.54) is 0 Å². The van der Waals surface area contributed by atoms with E-state index < -0.39 is 0 Å². The molecule has 0 heterocycles. The molecular weight excluding hydrogens is 294 g/mol. The lowest BCUT2D eigenvalue weighted by molar-refractivity contribution is 0.0992. The third kappa shape index (κ3) is 2.90. The number of nitrogen functional groups attached to an aromatic ring is 1. The van der Waals surface area contributed by atoms with Gasteiger partial charge < -0.3 is 10.8 Å². The average molecular weight is 306 g/mol. The number of benzene rings is 2. The third-order valence-electron chi connectivity index (χ3n) is 2.57. The third-order valence-corrected chi connectivity index (χ3v) is 3.26. The predicted octanol–water partition coefficient (Wildman–Crippen LogP) is 3.16. The number of hydrogen-bond donors (Lipinski definition) is 2. The Morgan fingerprint density at radius 1 is 1.22 bits per heavy atom. The van der Waals surface area contributed by atoms with Crippen molar-refractivity contribution in [1.29, 1.82) is 0 Å². The van der Waals surface area contributed by atoms with E-state index in [9.17, 15) is 9.90 Å². The van der Waals surface area contributed by atoms with E-state index in [2.05, 4.69) is 15.9 Å². The fourth-order valence-corrected chi connectivity index (χ4v) is 2.17. The average Bonchev–Trinajstić information content (AvgIpc) is 2.32. The molecule has 0 unspecified atom stereocenters.